The van der Waals surface area contributed by atoms with Crippen molar-refractivity contribution < 1.29 is 22.8 Å². The fourth-order valence-electron chi connectivity index (χ4n) is 3.51. The minimum Gasteiger partial charge on any atom is -0.352 e. The Bertz CT molecular complexity index is 926. The number of rotatable bonds is 7. The smallest absolute Gasteiger partial charge is 0.352 e. The average molecular weight is 449 g/mol. The summed E-state index contributed by atoms with van der Waals surface area (Å²) in [6.45, 7) is 3.99. The number of nitrogens with one attached hydrogen (secondary N) is 1. The third-order valence-electron chi connectivity index (χ3n) is 5.30. The summed E-state index contributed by atoms with van der Waals surface area (Å²) in [5, 5.41) is 10.9. The maximum Gasteiger partial charge on any atom is 0.417 e. The highest BCUT2D eigenvalue weighted by Gasteiger charge is 2.36. The lowest BCUT2D eigenvalue weighted by atomic mass is 10.1. The van der Waals surface area contributed by atoms with Gasteiger partial charge in [-0.3, -0.25) is 9.59 Å². The van der Waals surface area contributed by atoms with E-state index in [2.05, 4.69) is 22.4 Å². The van der Waals surface area contributed by atoms with Gasteiger partial charge in [-0.15, -0.1) is 10.2 Å². The van der Waals surface area contributed by atoms with Crippen molar-refractivity contribution >= 4 is 17.6 Å². The molecule has 0 atom stereocenters. The molecular weight excluding hydrogens is 423 g/mol. The minimum absolute atomic E-state index is 0.225. The Morgan fingerprint density at radius 1 is 1.00 bits per heavy atom. The van der Waals surface area contributed by atoms with Crippen molar-refractivity contribution in [2.75, 3.05) is 37.6 Å². The lowest BCUT2D eigenvalue weighted by Crippen LogP contribution is -2.49. The Labute approximate surface area is 184 Å². The van der Waals surface area contributed by atoms with Crippen molar-refractivity contribution in [3.05, 3.63) is 53.2 Å². The zero-order chi connectivity index (χ0) is 23.1. The molecule has 10 heteroatoms. The second-order valence-corrected chi connectivity index (χ2v) is 7.56. The SMILES string of the molecule is CCCCCNC(=O)c1ccc(N2CCN(C(=O)c3ccccc3C(F)(F)F)CC2)nn1. The number of piperazine rings is 1. The number of aromatic nitrogens is 2. The van der Waals surface area contributed by atoms with Crippen LogP contribution in [0.4, 0.5) is 19.0 Å². The van der Waals surface area contributed by atoms with Gasteiger partial charge in [0.2, 0.25) is 0 Å². The molecule has 0 radical (unpaired) electrons. The van der Waals surface area contributed by atoms with E-state index in [1.807, 2.05) is 4.90 Å². The molecule has 0 saturated carbocycles. The molecule has 172 valence electrons. The molecule has 1 aromatic carbocycles. The number of carbonyl (C=O) groups is 2. The number of hydrogen-bond acceptors (Lipinski definition) is 5. The number of unbranched alkanes of at least 4 members (excludes halogenated alkanes) is 2. The Morgan fingerprint density at radius 3 is 2.34 bits per heavy atom. The van der Waals surface area contributed by atoms with Gasteiger partial charge in [0, 0.05) is 32.7 Å². The molecule has 1 saturated heterocycles. The zero-order valence-corrected chi connectivity index (χ0v) is 17.9. The van der Waals surface area contributed by atoms with E-state index in [9.17, 15) is 22.8 Å². The molecule has 0 unspecified atom stereocenters. The van der Waals surface area contributed by atoms with Crippen molar-refractivity contribution in [3.8, 4) is 0 Å². The third kappa shape index (κ3) is 5.74. The van der Waals surface area contributed by atoms with Gasteiger partial charge in [-0.1, -0.05) is 31.9 Å². The molecule has 0 spiro atoms. The standard InChI is InChI=1S/C22H26F3N5O2/c1-2-3-6-11-26-20(31)18-9-10-19(28-27-18)29-12-14-30(15-13-29)21(32)16-7-4-5-8-17(16)22(23,24)25/h4-5,7-10H,2-3,6,11-15H2,1H3,(H,26,31). The van der Waals surface area contributed by atoms with E-state index in [1.54, 1.807) is 12.1 Å². The van der Waals surface area contributed by atoms with E-state index in [0.717, 1.165) is 25.3 Å². The predicted octanol–water partition coefficient (Wildman–Crippen LogP) is 3.38. The van der Waals surface area contributed by atoms with Gasteiger partial charge in [0.15, 0.2) is 11.5 Å². The van der Waals surface area contributed by atoms with Crippen LogP contribution in [-0.4, -0.2) is 59.6 Å². The van der Waals surface area contributed by atoms with Crippen LogP contribution in [0.2, 0.25) is 0 Å². The highest BCUT2D eigenvalue weighted by Crippen LogP contribution is 2.32. The van der Waals surface area contributed by atoms with Crippen LogP contribution in [0.1, 0.15) is 52.6 Å². The second kappa shape index (κ2) is 10.4. The summed E-state index contributed by atoms with van der Waals surface area (Å²) >= 11 is 0. The van der Waals surface area contributed by atoms with Crippen LogP contribution in [0.25, 0.3) is 0 Å². The number of hydrogen-bond donors (Lipinski definition) is 1. The van der Waals surface area contributed by atoms with Gasteiger partial charge in [-0.05, 0) is 30.7 Å². The molecular formula is C22H26F3N5O2. The van der Waals surface area contributed by atoms with Crippen LogP contribution < -0.4 is 10.2 Å². The first-order valence-electron chi connectivity index (χ1n) is 10.6. The van der Waals surface area contributed by atoms with Gasteiger partial charge in [0.05, 0.1) is 11.1 Å². The number of benzene rings is 1. The van der Waals surface area contributed by atoms with E-state index in [-0.39, 0.29) is 30.3 Å². The highest BCUT2D eigenvalue weighted by atomic mass is 19.4. The van der Waals surface area contributed by atoms with Crippen LogP contribution in [0.15, 0.2) is 36.4 Å². The summed E-state index contributed by atoms with van der Waals surface area (Å²) in [7, 11) is 0. The Balaban J connectivity index is 1.57. The molecule has 1 N–H and O–H groups in total. The molecule has 1 aliphatic rings. The average Bonchev–Trinajstić information content (AvgIpc) is 2.81. The number of anilines is 1. The minimum atomic E-state index is -4.59. The fraction of sp³-hybridized carbons (Fsp3) is 0.455. The maximum atomic E-state index is 13.2. The number of nitrogens with zero attached hydrogens (tertiary/aromatic N) is 4. The van der Waals surface area contributed by atoms with Crippen LogP contribution >= 0.6 is 0 Å². The van der Waals surface area contributed by atoms with Gasteiger partial charge in [0.25, 0.3) is 11.8 Å². The normalized spacial score (nSPS) is 14.4. The summed E-state index contributed by atoms with van der Waals surface area (Å²) in [5.74, 6) is -0.368. The molecule has 32 heavy (non-hydrogen) atoms. The summed E-state index contributed by atoms with van der Waals surface area (Å²) < 4.78 is 39.7. The van der Waals surface area contributed by atoms with E-state index >= 15 is 0 Å². The second-order valence-electron chi connectivity index (χ2n) is 7.56. The molecule has 0 bridgehead atoms. The topological polar surface area (TPSA) is 78.4 Å². The van der Waals surface area contributed by atoms with E-state index in [1.165, 1.54) is 23.1 Å². The summed E-state index contributed by atoms with van der Waals surface area (Å²) in [6, 6.07) is 8.09. The fourth-order valence-corrected chi connectivity index (χ4v) is 3.51. The lowest BCUT2D eigenvalue weighted by Gasteiger charge is -2.35. The van der Waals surface area contributed by atoms with Gasteiger partial charge in [0.1, 0.15) is 0 Å². The zero-order valence-electron chi connectivity index (χ0n) is 17.9. The molecule has 2 heterocycles. The molecule has 2 amide bonds. The maximum absolute atomic E-state index is 13.2. The van der Waals surface area contributed by atoms with Crippen molar-refractivity contribution in [1.82, 2.24) is 20.4 Å². The van der Waals surface area contributed by atoms with Gasteiger partial charge < -0.3 is 15.1 Å². The molecule has 0 aliphatic carbocycles. The van der Waals surface area contributed by atoms with Crippen LogP contribution in [0.5, 0.6) is 0 Å². The van der Waals surface area contributed by atoms with Crippen LogP contribution in [0, 0.1) is 0 Å². The number of alkyl halides is 3. The highest BCUT2D eigenvalue weighted by molar-refractivity contribution is 5.96. The molecule has 1 aromatic heterocycles. The first-order chi connectivity index (χ1) is 15.3. The monoisotopic (exact) mass is 449 g/mol. The van der Waals surface area contributed by atoms with E-state index in [4.69, 9.17) is 0 Å². The van der Waals surface area contributed by atoms with Gasteiger partial charge >= 0.3 is 6.18 Å². The van der Waals surface area contributed by atoms with Crippen LogP contribution in [0.3, 0.4) is 0 Å². The van der Waals surface area contributed by atoms with Crippen molar-refractivity contribution in [3.63, 3.8) is 0 Å². The predicted molar refractivity (Wildman–Crippen MR) is 113 cm³/mol. The summed E-state index contributed by atoms with van der Waals surface area (Å²) in [4.78, 5) is 28.1. The van der Waals surface area contributed by atoms with Gasteiger partial charge in [-0.2, -0.15) is 13.2 Å². The Kier molecular flexibility index (Phi) is 7.66. The lowest BCUT2D eigenvalue weighted by molar-refractivity contribution is -0.138. The molecule has 2 aromatic rings. The number of halogens is 3. The first kappa shape index (κ1) is 23.5. The summed E-state index contributed by atoms with van der Waals surface area (Å²) in [5.41, 5.74) is -1.05. The van der Waals surface area contributed by atoms with Crippen molar-refractivity contribution in [2.45, 2.75) is 32.4 Å². The van der Waals surface area contributed by atoms with Crippen molar-refractivity contribution in [2.24, 2.45) is 0 Å². The summed E-state index contributed by atoms with van der Waals surface area (Å²) in [6.07, 6.45) is -1.57. The quantitative estimate of drug-likeness (QED) is 0.656. The van der Waals surface area contributed by atoms with E-state index in [0.29, 0.717) is 25.5 Å². The largest absolute Gasteiger partial charge is 0.417 e. The molecule has 3 rings (SSSR count). The molecule has 1 fully saturated rings. The molecule has 7 nitrogen and oxygen atoms in total. The Hall–Kier alpha value is -3.17. The van der Waals surface area contributed by atoms with Crippen LogP contribution in [-0.2, 0) is 6.18 Å². The third-order valence-corrected chi connectivity index (χ3v) is 5.30. The van der Waals surface area contributed by atoms with Crippen molar-refractivity contribution in [1.29, 1.82) is 0 Å². The first-order valence-corrected chi connectivity index (χ1v) is 10.6. The number of carbonyl (C=O) groups excluding carboxylic acids is 2. The number of amides is 2. The Morgan fingerprint density at radius 2 is 1.72 bits per heavy atom. The van der Waals surface area contributed by atoms with Gasteiger partial charge in [-0.25, -0.2) is 0 Å². The van der Waals surface area contributed by atoms with E-state index < -0.39 is 17.6 Å². The molecule has 1 aliphatic heterocycles.